The number of halogens is 6. The number of hydrogen-bond acceptors (Lipinski definition) is 1. The Balaban J connectivity index is 1.90. The summed E-state index contributed by atoms with van der Waals surface area (Å²) in [5, 5.41) is 4.34. The van der Waals surface area contributed by atoms with Crippen LogP contribution in [0.15, 0.2) is 42.5 Å². The lowest BCUT2D eigenvalue weighted by Crippen LogP contribution is -2.31. The van der Waals surface area contributed by atoms with Crippen LogP contribution in [0.5, 0.6) is 0 Å². The Morgan fingerprint density at radius 2 is 1.77 bits per heavy atom. The molecule has 1 aliphatic heterocycles. The van der Waals surface area contributed by atoms with Crippen LogP contribution in [-0.2, 0) is 6.18 Å². The molecular formula is C19H13Cl3F3N. The van der Waals surface area contributed by atoms with E-state index in [9.17, 15) is 13.2 Å². The molecule has 0 radical (unpaired) electrons. The fourth-order valence-corrected chi connectivity index (χ4v) is 4.77. The Bertz CT molecular complexity index is 908. The molecule has 1 nitrogen and oxygen atoms in total. The van der Waals surface area contributed by atoms with E-state index in [1.54, 1.807) is 18.2 Å². The van der Waals surface area contributed by atoms with Gasteiger partial charge in [0.1, 0.15) is 0 Å². The Morgan fingerprint density at radius 1 is 1.00 bits per heavy atom. The Morgan fingerprint density at radius 3 is 2.46 bits per heavy atom. The van der Waals surface area contributed by atoms with Gasteiger partial charge in [-0.15, -0.1) is 0 Å². The molecule has 0 unspecified atom stereocenters. The Kier molecular flexibility index (Phi) is 4.41. The topological polar surface area (TPSA) is 12.0 Å². The highest BCUT2D eigenvalue weighted by atomic mass is 35.5. The molecule has 7 heteroatoms. The van der Waals surface area contributed by atoms with Crippen LogP contribution in [0, 0.1) is 5.92 Å². The van der Waals surface area contributed by atoms with E-state index in [0.29, 0.717) is 20.6 Å². The van der Waals surface area contributed by atoms with Crippen LogP contribution in [0.3, 0.4) is 0 Å². The molecular weight excluding hydrogens is 406 g/mol. The van der Waals surface area contributed by atoms with Gasteiger partial charge < -0.3 is 5.32 Å². The van der Waals surface area contributed by atoms with Gasteiger partial charge in [-0.25, -0.2) is 0 Å². The summed E-state index contributed by atoms with van der Waals surface area (Å²) in [5.74, 6) is -0.167. The minimum atomic E-state index is -4.48. The van der Waals surface area contributed by atoms with Gasteiger partial charge in [0.15, 0.2) is 0 Å². The quantitative estimate of drug-likeness (QED) is 0.473. The average molecular weight is 419 g/mol. The van der Waals surface area contributed by atoms with Crippen molar-refractivity contribution < 1.29 is 13.2 Å². The molecule has 0 aromatic heterocycles. The molecule has 2 aromatic carbocycles. The normalized spacial score (nSPS) is 24.2. The maximum Gasteiger partial charge on any atom is 0.418 e. The number of benzene rings is 2. The second kappa shape index (κ2) is 6.36. The maximum atomic E-state index is 13.6. The second-order valence-electron chi connectivity index (χ2n) is 6.52. The Labute approximate surface area is 163 Å². The lowest BCUT2D eigenvalue weighted by molar-refractivity contribution is -0.137. The van der Waals surface area contributed by atoms with E-state index in [0.717, 1.165) is 18.1 Å². The molecule has 0 saturated heterocycles. The van der Waals surface area contributed by atoms with Gasteiger partial charge in [-0.05, 0) is 42.2 Å². The molecule has 1 N–H and O–H groups in total. The third-order valence-corrected chi connectivity index (χ3v) is 5.96. The van der Waals surface area contributed by atoms with Gasteiger partial charge in [0.2, 0.25) is 0 Å². The molecule has 1 heterocycles. The third kappa shape index (κ3) is 2.88. The predicted octanol–water partition coefficient (Wildman–Crippen LogP) is 7.49. The van der Waals surface area contributed by atoms with Crippen LogP contribution in [-0.4, -0.2) is 0 Å². The van der Waals surface area contributed by atoms with E-state index >= 15 is 0 Å². The zero-order valence-electron chi connectivity index (χ0n) is 13.2. The third-order valence-electron chi connectivity index (χ3n) is 5.07. The van der Waals surface area contributed by atoms with Crippen LogP contribution in [0.25, 0.3) is 0 Å². The number of hydrogen-bond donors (Lipinski definition) is 1. The minimum absolute atomic E-state index is 0.0298. The number of allylic oxidation sites excluding steroid dienone is 2. The van der Waals surface area contributed by atoms with Crippen LogP contribution >= 0.6 is 34.8 Å². The van der Waals surface area contributed by atoms with Crippen molar-refractivity contribution in [3.8, 4) is 0 Å². The highest BCUT2D eigenvalue weighted by Gasteiger charge is 2.44. The van der Waals surface area contributed by atoms with Crippen molar-refractivity contribution in [1.29, 1.82) is 0 Å². The van der Waals surface area contributed by atoms with Crippen molar-refractivity contribution in [2.45, 2.75) is 24.6 Å². The zero-order chi connectivity index (χ0) is 18.6. The molecule has 0 amide bonds. The second-order valence-corrected chi connectivity index (χ2v) is 7.77. The first-order valence-electron chi connectivity index (χ1n) is 8.05. The largest absolute Gasteiger partial charge is 0.418 e. The van der Waals surface area contributed by atoms with Crippen molar-refractivity contribution in [1.82, 2.24) is 0 Å². The number of rotatable bonds is 1. The number of anilines is 1. The van der Waals surface area contributed by atoms with E-state index in [4.69, 9.17) is 34.8 Å². The SMILES string of the molecule is FC(F)(F)c1ccc(Cl)c2c1N[C@H](c1ccc(Cl)cc1Cl)[C@H]1CC=C[C@@H]21. The van der Waals surface area contributed by atoms with E-state index in [1.165, 1.54) is 6.07 Å². The average Bonchev–Trinajstić information content (AvgIpc) is 3.02. The van der Waals surface area contributed by atoms with E-state index in [1.807, 2.05) is 12.2 Å². The van der Waals surface area contributed by atoms with Gasteiger partial charge in [0, 0.05) is 26.5 Å². The molecule has 0 bridgehead atoms. The first-order chi connectivity index (χ1) is 12.3. The van der Waals surface area contributed by atoms with Gasteiger partial charge >= 0.3 is 6.18 Å². The number of alkyl halides is 3. The van der Waals surface area contributed by atoms with Crippen molar-refractivity contribution in [3.05, 3.63) is 74.2 Å². The summed E-state index contributed by atoms with van der Waals surface area (Å²) in [6, 6.07) is 7.04. The molecule has 3 atom stereocenters. The highest BCUT2D eigenvalue weighted by molar-refractivity contribution is 6.35. The predicted molar refractivity (Wildman–Crippen MR) is 99.3 cm³/mol. The molecule has 2 aliphatic rings. The summed E-state index contributed by atoms with van der Waals surface area (Å²) in [5.41, 5.74) is 0.551. The summed E-state index contributed by atoms with van der Waals surface area (Å²) in [4.78, 5) is 0. The molecule has 2 aromatic rings. The number of fused-ring (bicyclic) bond motifs is 3. The molecule has 1 aliphatic carbocycles. The molecule has 0 saturated carbocycles. The lowest BCUT2D eigenvalue weighted by atomic mass is 9.76. The first-order valence-corrected chi connectivity index (χ1v) is 9.18. The zero-order valence-corrected chi connectivity index (χ0v) is 15.5. The summed E-state index contributed by atoms with van der Waals surface area (Å²) in [7, 11) is 0. The van der Waals surface area contributed by atoms with Crippen molar-refractivity contribution in [2.24, 2.45) is 5.92 Å². The lowest BCUT2D eigenvalue weighted by Gasteiger charge is -2.39. The van der Waals surface area contributed by atoms with Gasteiger partial charge in [-0.3, -0.25) is 0 Å². The monoisotopic (exact) mass is 417 g/mol. The summed E-state index contributed by atoms with van der Waals surface area (Å²) in [6.45, 7) is 0. The first kappa shape index (κ1) is 18.0. The smallest absolute Gasteiger partial charge is 0.377 e. The maximum absolute atomic E-state index is 13.6. The Hall–Kier alpha value is -1.36. The minimum Gasteiger partial charge on any atom is -0.377 e. The summed E-state index contributed by atoms with van der Waals surface area (Å²) in [6.07, 6.45) is 0.172. The van der Waals surface area contributed by atoms with Gasteiger partial charge in [-0.2, -0.15) is 13.2 Å². The van der Waals surface area contributed by atoms with E-state index in [-0.39, 0.29) is 23.6 Å². The van der Waals surface area contributed by atoms with Crippen LogP contribution < -0.4 is 5.32 Å². The van der Waals surface area contributed by atoms with Gasteiger partial charge in [0.05, 0.1) is 17.3 Å². The van der Waals surface area contributed by atoms with Crippen LogP contribution in [0.4, 0.5) is 18.9 Å². The van der Waals surface area contributed by atoms with Gasteiger partial charge in [0.25, 0.3) is 0 Å². The van der Waals surface area contributed by atoms with Crippen molar-refractivity contribution >= 4 is 40.5 Å². The molecule has 0 spiro atoms. The molecule has 4 rings (SSSR count). The summed E-state index contributed by atoms with van der Waals surface area (Å²) < 4.78 is 40.7. The highest BCUT2D eigenvalue weighted by Crippen LogP contribution is 2.55. The van der Waals surface area contributed by atoms with Gasteiger partial charge in [-0.1, -0.05) is 53.0 Å². The molecule has 0 fully saturated rings. The standard InChI is InChI=1S/C19H13Cl3F3N/c20-9-4-5-12(15(22)8-9)17-11-3-1-2-10(11)16-14(21)7-6-13(18(16)26-17)19(23,24)25/h1-2,4-8,10-11,17,26H,3H2/t10-,11+,17+/m1/s1. The van der Waals surface area contributed by atoms with Crippen LogP contribution in [0.2, 0.25) is 15.1 Å². The van der Waals surface area contributed by atoms with Crippen molar-refractivity contribution in [3.63, 3.8) is 0 Å². The van der Waals surface area contributed by atoms with Crippen LogP contribution in [0.1, 0.15) is 35.1 Å². The van der Waals surface area contributed by atoms with E-state index in [2.05, 4.69) is 5.32 Å². The molecule has 26 heavy (non-hydrogen) atoms. The molecule has 136 valence electrons. The summed E-state index contributed by atoms with van der Waals surface area (Å²) >= 11 is 18.6. The fourth-order valence-electron chi connectivity index (χ4n) is 3.96. The van der Waals surface area contributed by atoms with E-state index < -0.39 is 11.7 Å². The number of nitrogens with one attached hydrogen (secondary N) is 1. The van der Waals surface area contributed by atoms with Crippen molar-refractivity contribution in [2.75, 3.05) is 5.32 Å². The fraction of sp³-hybridized carbons (Fsp3) is 0.263.